The van der Waals surface area contributed by atoms with Crippen LogP contribution in [0.1, 0.15) is 4.88 Å². The fourth-order valence-corrected chi connectivity index (χ4v) is 2.78. The summed E-state index contributed by atoms with van der Waals surface area (Å²) in [5, 5.41) is 9.09. The summed E-state index contributed by atoms with van der Waals surface area (Å²) < 4.78 is 38.3. The lowest BCUT2D eigenvalue weighted by Gasteiger charge is -2.12. The van der Waals surface area contributed by atoms with Gasteiger partial charge in [-0.25, -0.2) is 0 Å². The third-order valence-electron chi connectivity index (χ3n) is 2.68. The minimum Gasteiger partial charge on any atom is -0.493 e. The molecule has 4 nitrogen and oxygen atoms in total. The first-order valence-corrected chi connectivity index (χ1v) is 6.24. The van der Waals surface area contributed by atoms with Crippen molar-refractivity contribution in [1.82, 2.24) is 5.48 Å². The third kappa shape index (κ3) is 2.63. The lowest BCUT2D eigenvalue weighted by Crippen LogP contribution is -2.27. The van der Waals surface area contributed by atoms with Crippen LogP contribution in [0.3, 0.4) is 0 Å². The summed E-state index contributed by atoms with van der Waals surface area (Å²) in [5.41, 5.74) is 1.50. The standard InChI is InChI=1S/C12H13F2NO3S/c1-17-8-3-7-4-11(12(13,14)6-15-16)19-10(7)5-9(8)18-2/h3-5,15-16H,6H2,1-2H3. The molecule has 0 fully saturated rings. The fourth-order valence-electron chi connectivity index (χ4n) is 1.73. The lowest BCUT2D eigenvalue weighted by atomic mass is 10.2. The highest BCUT2D eigenvalue weighted by Crippen LogP contribution is 2.41. The van der Waals surface area contributed by atoms with Gasteiger partial charge >= 0.3 is 0 Å². The molecule has 0 saturated carbocycles. The van der Waals surface area contributed by atoms with Crippen LogP contribution in [0.5, 0.6) is 11.5 Å². The predicted molar refractivity (Wildman–Crippen MR) is 68.6 cm³/mol. The van der Waals surface area contributed by atoms with Crippen LogP contribution in [0.15, 0.2) is 18.2 Å². The summed E-state index contributed by atoms with van der Waals surface area (Å²) in [5.74, 6) is -2.14. The summed E-state index contributed by atoms with van der Waals surface area (Å²) in [6.07, 6.45) is 0. The zero-order valence-electron chi connectivity index (χ0n) is 10.4. The number of fused-ring (bicyclic) bond motifs is 1. The van der Waals surface area contributed by atoms with E-state index in [0.29, 0.717) is 21.6 Å². The quantitative estimate of drug-likeness (QED) is 0.831. The maximum Gasteiger partial charge on any atom is 0.296 e. The molecule has 0 aliphatic carbocycles. The molecular formula is C12H13F2NO3S. The van der Waals surface area contributed by atoms with E-state index in [-0.39, 0.29) is 4.88 Å². The molecule has 0 saturated heterocycles. The molecule has 19 heavy (non-hydrogen) atoms. The van der Waals surface area contributed by atoms with Crippen molar-refractivity contribution in [1.29, 1.82) is 0 Å². The number of hydrogen-bond donors (Lipinski definition) is 2. The summed E-state index contributed by atoms with van der Waals surface area (Å²) in [6, 6.07) is 4.70. The van der Waals surface area contributed by atoms with Gasteiger partial charge in [0.2, 0.25) is 0 Å². The van der Waals surface area contributed by atoms with E-state index in [4.69, 9.17) is 14.7 Å². The van der Waals surface area contributed by atoms with Crippen LogP contribution in [0.2, 0.25) is 0 Å². The minimum atomic E-state index is -3.13. The number of hydrogen-bond acceptors (Lipinski definition) is 5. The van der Waals surface area contributed by atoms with Crippen LogP contribution < -0.4 is 15.0 Å². The molecular weight excluding hydrogens is 276 g/mol. The Balaban J connectivity index is 2.51. The van der Waals surface area contributed by atoms with Crippen molar-refractivity contribution in [3.05, 3.63) is 23.1 Å². The zero-order chi connectivity index (χ0) is 14.0. The van der Waals surface area contributed by atoms with E-state index in [1.807, 2.05) is 0 Å². The largest absolute Gasteiger partial charge is 0.493 e. The number of halogens is 2. The van der Waals surface area contributed by atoms with Crippen LogP contribution in [0.25, 0.3) is 10.1 Å². The number of rotatable bonds is 5. The van der Waals surface area contributed by atoms with Gasteiger partial charge in [-0.3, -0.25) is 0 Å². The summed E-state index contributed by atoms with van der Waals surface area (Å²) >= 11 is 0.956. The topological polar surface area (TPSA) is 50.7 Å². The molecule has 2 N–H and O–H groups in total. The second-order valence-electron chi connectivity index (χ2n) is 3.90. The monoisotopic (exact) mass is 289 g/mol. The number of methoxy groups -OCH3 is 2. The van der Waals surface area contributed by atoms with Gasteiger partial charge in [0.15, 0.2) is 11.5 Å². The van der Waals surface area contributed by atoms with E-state index in [1.165, 1.54) is 25.8 Å². The summed E-state index contributed by atoms with van der Waals surface area (Å²) in [6.45, 7) is -0.825. The number of nitrogens with one attached hydrogen (secondary N) is 1. The van der Waals surface area contributed by atoms with Gasteiger partial charge in [0.05, 0.1) is 25.6 Å². The number of benzene rings is 1. The van der Waals surface area contributed by atoms with Crippen molar-refractivity contribution in [2.24, 2.45) is 0 Å². The Hall–Kier alpha value is -1.44. The highest BCUT2D eigenvalue weighted by atomic mass is 32.1. The molecule has 1 aromatic heterocycles. The summed E-state index contributed by atoms with van der Waals surface area (Å²) in [4.78, 5) is -0.126. The number of ether oxygens (including phenoxy) is 2. The first kappa shape index (κ1) is 14.0. The van der Waals surface area contributed by atoms with E-state index < -0.39 is 12.5 Å². The van der Waals surface area contributed by atoms with E-state index in [9.17, 15) is 8.78 Å². The Morgan fingerprint density at radius 1 is 1.21 bits per heavy atom. The van der Waals surface area contributed by atoms with Gasteiger partial charge in [0, 0.05) is 10.8 Å². The van der Waals surface area contributed by atoms with Crippen LogP contribution in [-0.2, 0) is 5.92 Å². The molecule has 1 aromatic carbocycles. The maximum absolute atomic E-state index is 13.7. The Bertz CT molecular complexity index is 545. The van der Waals surface area contributed by atoms with Crippen LogP contribution in [0, 0.1) is 0 Å². The molecule has 0 unspecified atom stereocenters. The second kappa shape index (κ2) is 5.28. The molecule has 0 radical (unpaired) electrons. The molecule has 0 bridgehead atoms. The molecule has 0 aliphatic rings. The van der Waals surface area contributed by atoms with Crippen LogP contribution >= 0.6 is 11.3 Å². The molecule has 1 heterocycles. The van der Waals surface area contributed by atoms with Gasteiger partial charge in [-0.15, -0.1) is 11.3 Å². The Morgan fingerprint density at radius 2 is 1.84 bits per heavy atom. The normalized spacial score (nSPS) is 11.8. The Labute approximate surface area is 112 Å². The zero-order valence-corrected chi connectivity index (χ0v) is 11.2. The van der Waals surface area contributed by atoms with Gasteiger partial charge < -0.3 is 14.7 Å². The predicted octanol–water partition coefficient (Wildman–Crippen LogP) is 2.99. The van der Waals surface area contributed by atoms with Gasteiger partial charge in [-0.05, 0) is 17.5 Å². The molecule has 0 atom stereocenters. The smallest absolute Gasteiger partial charge is 0.296 e. The number of hydroxylamine groups is 1. The molecule has 0 amide bonds. The fraction of sp³-hybridized carbons (Fsp3) is 0.333. The minimum absolute atomic E-state index is 0.126. The van der Waals surface area contributed by atoms with Crippen LogP contribution in [-0.4, -0.2) is 26.0 Å². The first-order chi connectivity index (χ1) is 9.01. The molecule has 2 rings (SSSR count). The van der Waals surface area contributed by atoms with E-state index >= 15 is 0 Å². The van der Waals surface area contributed by atoms with Crippen molar-refractivity contribution in [3.8, 4) is 11.5 Å². The van der Waals surface area contributed by atoms with Gasteiger partial charge in [0.1, 0.15) is 0 Å². The molecule has 104 valence electrons. The average Bonchev–Trinajstić information content (AvgIpc) is 2.80. The van der Waals surface area contributed by atoms with E-state index in [1.54, 1.807) is 12.1 Å². The third-order valence-corrected chi connectivity index (χ3v) is 3.89. The van der Waals surface area contributed by atoms with Crippen molar-refractivity contribution in [2.75, 3.05) is 20.8 Å². The second-order valence-corrected chi connectivity index (χ2v) is 4.98. The maximum atomic E-state index is 13.7. The van der Waals surface area contributed by atoms with E-state index in [2.05, 4.69) is 0 Å². The van der Waals surface area contributed by atoms with Crippen molar-refractivity contribution in [2.45, 2.75) is 5.92 Å². The number of alkyl halides is 2. The highest BCUT2D eigenvalue weighted by Gasteiger charge is 2.33. The van der Waals surface area contributed by atoms with Crippen LogP contribution in [0.4, 0.5) is 8.78 Å². The van der Waals surface area contributed by atoms with Gasteiger partial charge in [-0.2, -0.15) is 14.3 Å². The Kier molecular flexibility index (Phi) is 3.88. The van der Waals surface area contributed by atoms with Gasteiger partial charge in [-0.1, -0.05) is 0 Å². The molecule has 0 spiro atoms. The highest BCUT2D eigenvalue weighted by molar-refractivity contribution is 7.19. The SMILES string of the molecule is COc1cc2cc(C(F)(F)CNO)sc2cc1OC. The average molecular weight is 289 g/mol. The van der Waals surface area contributed by atoms with Crippen molar-refractivity contribution < 1.29 is 23.5 Å². The lowest BCUT2D eigenvalue weighted by molar-refractivity contribution is -0.0319. The summed E-state index contributed by atoms with van der Waals surface area (Å²) in [7, 11) is 2.98. The molecule has 2 aromatic rings. The van der Waals surface area contributed by atoms with Crippen molar-refractivity contribution >= 4 is 21.4 Å². The molecule has 7 heteroatoms. The number of thiophene rings is 1. The Morgan fingerprint density at radius 3 is 2.42 bits per heavy atom. The van der Waals surface area contributed by atoms with Crippen molar-refractivity contribution in [3.63, 3.8) is 0 Å². The van der Waals surface area contributed by atoms with E-state index in [0.717, 1.165) is 11.3 Å². The van der Waals surface area contributed by atoms with Gasteiger partial charge in [0.25, 0.3) is 5.92 Å². The first-order valence-electron chi connectivity index (χ1n) is 5.42. The molecule has 0 aliphatic heterocycles.